The van der Waals surface area contributed by atoms with Crippen molar-refractivity contribution in [2.24, 2.45) is 0 Å². The van der Waals surface area contributed by atoms with Crippen LogP contribution in [-0.4, -0.2) is 51.6 Å². The third kappa shape index (κ3) is 4.84. The first kappa shape index (κ1) is 23.8. The van der Waals surface area contributed by atoms with Gasteiger partial charge >= 0.3 is 37.1 Å². The van der Waals surface area contributed by atoms with Crippen LogP contribution in [0.4, 0.5) is 5.82 Å². The molecule has 2 aromatic heterocycles. The van der Waals surface area contributed by atoms with Gasteiger partial charge in [-0.15, -0.1) is 0 Å². The van der Waals surface area contributed by atoms with Crippen molar-refractivity contribution in [2.45, 2.75) is 39.1 Å². The van der Waals surface area contributed by atoms with Gasteiger partial charge in [-0.05, 0) is 18.2 Å². The monoisotopic (exact) mass is 626 g/mol. The summed E-state index contributed by atoms with van der Waals surface area (Å²) in [5.41, 5.74) is 7.95. The van der Waals surface area contributed by atoms with Gasteiger partial charge in [-0.1, -0.05) is 6.10 Å². The van der Waals surface area contributed by atoms with Crippen LogP contribution in [0.1, 0.15) is 38.1 Å². The number of nitrogen functional groups attached to an aromatic ring is 1. The third-order valence-corrected chi connectivity index (χ3v) is 4.56. The van der Waals surface area contributed by atoms with Crippen LogP contribution in [0.15, 0.2) is 18.5 Å². The maximum atomic E-state index is 11.5. The molecule has 1 aliphatic heterocycles. The van der Waals surface area contributed by atoms with E-state index in [-0.39, 0.29) is 49.6 Å². The molecule has 3 atom stereocenters. The van der Waals surface area contributed by atoms with E-state index in [0.29, 0.717) is 16.8 Å². The van der Waals surface area contributed by atoms with Crippen LogP contribution in [0.2, 0.25) is 0 Å². The first-order valence-corrected chi connectivity index (χ1v) is 8.82. The number of carbonyl (C=O) groups is 1. The Labute approximate surface area is 193 Å². The van der Waals surface area contributed by atoms with Gasteiger partial charge in [0.15, 0.2) is 5.82 Å². The molecule has 0 aliphatic carbocycles. The van der Waals surface area contributed by atoms with Crippen molar-refractivity contribution in [2.75, 3.05) is 19.5 Å². The van der Waals surface area contributed by atoms with E-state index in [9.17, 15) is 9.90 Å². The Morgan fingerprint density at radius 1 is 1.52 bits per heavy atom. The summed E-state index contributed by atoms with van der Waals surface area (Å²) in [6.45, 7) is 5.44. The normalized spacial score (nSPS) is 22.5. The maximum Gasteiger partial charge on any atom is 2.00 e. The fourth-order valence-corrected chi connectivity index (χ4v) is 3.32. The second kappa shape index (κ2) is 10.0. The smallest absolute Gasteiger partial charge is 0.569 e. The molecule has 0 saturated carbocycles. The number of fused-ring (bicyclic) bond motifs is 1. The molecule has 29 heavy (non-hydrogen) atoms. The summed E-state index contributed by atoms with van der Waals surface area (Å²) in [4.78, 5) is 15.5. The quantitative estimate of drug-likeness (QED) is 0.281. The fraction of sp³-hybridized carbons (Fsp3) is 0.421. The molecule has 0 bridgehead atoms. The van der Waals surface area contributed by atoms with Crippen molar-refractivity contribution in [1.82, 2.24) is 14.6 Å². The summed E-state index contributed by atoms with van der Waals surface area (Å²) in [6.07, 6.45) is 3.68. The van der Waals surface area contributed by atoms with E-state index < -0.39 is 18.2 Å². The number of carbonyl (C=O) groups excluding carboxylic acids is 1. The number of methoxy groups -OCH3 is 1. The molecule has 1 saturated heterocycles. The minimum Gasteiger partial charge on any atom is -0.569 e. The molecule has 0 amide bonds. The summed E-state index contributed by atoms with van der Waals surface area (Å²) in [6, 6.07) is 1.83. The molecule has 0 radical (unpaired) electrons. The fourth-order valence-electron chi connectivity index (χ4n) is 3.32. The van der Waals surface area contributed by atoms with Crippen molar-refractivity contribution in [1.29, 1.82) is 0 Å². The summed E-state index contributed by atoms with van der Waals surface area (Å²) in [7, 11) is 1.31. The van der Waals surface area contributed by atoms with Gasteiger partial charge in [-0.2, -0.15) is 25.9 Å². The van der Waals surface area contributed by atoms with Crippen molar-refractivity contribution in [3.63, 3.8) is 0 Å². The zero-order chi connectivity index (χ0) is 20.4. The minimum atomic E-state index is -0.501. The van der Waals surface area contributed by atoms with Crippen molar-refractivity contribution in [3.8, 4) is 0 Å². The van der Waals surface area contributed by atoms with Crippen molar-refractivity contribution in [3.05, 3.63) is 41.7 Å². The summed E-state index contributed by atoms with van der Waals surface area (Å²) < 4.78 is 18.2. The number of aliphatic hydroxyl groups excluding tert-OH is 1. The van der Waals surface area contributed by atoms with E-state index >= 15 is 0 Å². The summed E-state index contributed by atoms with van der Waals surface area (Å²) >= 11 is 0. The Morgan fingerprint density at radius 2 is 2.24 bits per heavy atom. The molecule has 3 rings (SSSR count). The van der Waals surface area contributed by atoms with Crippen LogP contribution < -0.4 is 5.73 Å². The number of aliphatic hydroxyl groups is 1. The molecule has 3 N–H and O–H groups in total. The Balaban J connectivity index is 0.00000300. The number of aromatic nitrogens is 3. The molecule has 2 aromatic rings. The molecule has 1 aliphatic rings. The van der Waals surface area contributed by atoms with E-state index in [4.69, 9.17) is 15.2 Å². The average molecular weight is 626 g/mol. The zero-order valence-electron chi connectivity index (χ0n) is 16.7. The zero-order valence-corrected chi connectivity index (χ0v) is 20.9. The van der Waals surface area contributed by atoms with E-state index in [1.54, 1.807) is 10.6 Å². The average Bonchev–Trinajstić information content (AvgIpc) is 3.18. The summed E-state index contributed by atoms with van der Waals surface area (Å²) in [5.74, 6) is 0.685. The number of nitrogens with two attached hydrogens (primary N) is 1. The van der Waals surface area contributed by atoms with Crippen LogP contribution in [0.3, 0.4) is 0 Å². The van der Waals surface area contributed by atoms with Gasteiger partial charge in [0.1, 0.15) is 11.8 Å². The first-order valence-electron chi connectivity index (χ1n) is 8.82. The van der Waals surface area contributed by atoms with Gasteiger partial charge in [-0.3, -0.25) is 5.92 Å². The number of rotatable bonds is 6. The predicted octanol–water partition coefficient (Wildman–Crippen LogP) is 1.48. The molecule has 9 nitrogen and oxygen atoms in total. The topological polar surface area (TPSA) is 121 Å². The number of hydrogen-bond donors (Lipinski definition) is 2. The molecule has 10 heteroatoms. The molecule has 0 aromatic carbocycles. The first-order chi connectivity index (χ1) is 13.4. The SMILES string of the molecule is COC(=O)/C=C/c1cc([C@@H]2O[C@H](CO)[C@@H](O[C-](C)C)[C-]2C)n2ncnc(N)c12.[U+2]. The standard InChI is InChI=1S/C19H24N4O5.U/c1-10(2)27-18-11(3)17(28-14(18)8-24)13-7-12(5-6-15(25)26-4)16-19(20)21-9-22-23(13)16;/h5-7,9,14,17-18,24H,8H2,1-4H3,(H2,20,21,22);/q-2;+2/b6-5+;/t14-,17-,18+;/m1./s1. The Morgan fingerprint density at radius 3 is 2.86 bits per heavy atom. The largest absolute Gasteiger partial charge is 2.00 e. The van der Waals surface area contributed by atoms with Gasteiger partial charge in [0.2, 0.25) is 0 Å². The Bertz CT molecular complexity index is 885. The minimum absolute atomic E-state index is 0. The predicted molar refractivity (Wildman–Crippen MR) is 102 cm³/mol. The Hall–Kier alpha value is -1.44. The van der Waals surface area contributed by atoms with Crippen LogP contribution in [0.25, 0.3) is 11.6 Å². The van der Waals surface area contributed by atoms with Crippen molar-refractivity contribution < 1.29 is 55.2 Å². The van der Waals surface area contributed by atoms with Crippen LogP contribution in [-0.2, 0) is 19.0 Å². The second-order valence-electron chi connectivity index (χ2n) is 6.71. The van der Waals surface area contributed by atoms with Gasteiger partial charge in [-0.25, -0.2) is 20.4 Å². The van der Waals surface area contributed by atoms with Crippen LogP contribution in [0, 0.1) is 43.1 Å². The molecule has 154 valence electrons. The number of esters is 1. The number of anilines is 1. The molecule has 3 heterocycles. The van der Waals surface area contributed by atoms with Gasteiger partial charge in [0, 0.05) is 17.3 Å². The second-order valence-corrected chi connectivity index (χ2v) is 6.71. The maximum absolute atomic E-state index is 11.5. The van der Waals surface area contributed by atoms with Crippen LogP contribution in [0.5, 0.6) is 0 Å². The molecule has 0 spiro atoms. The Kier molecular flexibility index (Phi) is 8.26. The van der Waals surface area contributed by atoms with Gasteiger partial charge in [0.05, 0.1) is 19.8 Å². The van der Waals surface area contributed by atoms with E-state index in [1.165, 1.54) is 19.5 Å². The number of nitrogens with zero attached hydrogens (tertiary/aromatic N) is 3. The van der Waals surface area contributed by atoms with Crippen LogP contribution >= 0.6 is 0 Å². The molecular formula is C19H24N4O5U. The van der Waals surface area contributed by atoms with E-state index in [0.717, 1.165) is 12.0 Å². The van der Waals surface area contributed by atoms with Gasteiger partial charge in [0.25, 0.3) is 0 Å². The van der Waals surface area contributed by atoms with Crippen molar-refractivity contribution >= 4 is 23.4 Å². The third-order valence-electron chi connectivity index (χ3n) is 4.56. The number of hydrogen-bond acceptors (Lipinski definition) is 8. The molecule has 0 unspecified atom stereocenters. The molecule has 1 fully saturated rings. The summed E-state index contributed by atoms with van der Waals surface area (Å²) in [5, 5.41) is 14.0. The van der Waals surface area contributed by atoms with E-state index in [1.807, 2.05) is 26.8 Å². The van der Waals surface area contributed by atoms with E-state index in [2.05, 4.69) is 14.8 Å². The van der Waals surface area contributed by atoms with Gasteiger partial charge < -0.3 is 25.1 Å². The molecular weight excluding hydrogens is 602 g/mol. The number of ether oxygens (including phenoxy) is 3.